The highest BCUT2D eigenvalue weighted by molar-refractivity contribution is 5.74. The zero-order valence-corrected chi connectivity index (χ0v) is 8.82. The van der Waals surface area contributed by atoms with E-state index < -0.39 is 0 Å². The average molecular weight is 202 g/mol. The van der Waals surface area contributed by atoms with Gasteiger partial charge in [0, 0.05) is 5.92 Å². The van der Waals surface area contributed by atoms with Crippen LogP contribution in [0.5, 0.6) is 0 Å². The monoisotopic (exact) mass is 202 g/mol. The van der Waals surface area contributed by atoms with Gasteiger partial charge >= 0.3 is 5.97 Å². The first-order valence-corrected chi connectivity index (χ1v) is 5.11. The molecule has 1 aromatic rings. The molecule has 2 rings (SSSR count). The van der Waals surface area contributed by atoms with Crippen LogP contribution in [-0.2, 0) is 16.0 Å². The molecule has 1 atom stereocenters. The van der Waals surface area contributed by atoms with E-state index in [1.54, 1.807) is 0 Å². The van der Waals surface area contributed by atoms with Crippen molar-refractivity contribution in [2.75, 3.05) is 0 Å². The highest BCUT2D eigenvalue weighted by atomic mass is 16.5. The molecule has 0 aromatic heterocycles. The molecule has 0 aliphatic carbocycles. The van der Waals surface area contributed by atoms with Crippen LogP contribution in [0.15, 0.2) is 36.6 Å². The Morgan fingerprint density at radius 3 is 2.80 bits per heavy atom. The fourth-order valence-electron chi connectivity index (χ4n) is 1.88. The number of cyclic esters (lactones) is 1. The lowest BCUT2D eigenvalue weighted by atomic mass is 9.94. The van der Waals surface area contributed by atoms with Gasteiger partial charge in [-0.2, -0.15) is 0 Å². The maximum Gasteiger partial charge on any atom is 0.311 e. The number of aryl methyl sites for hydroxylation is 1. The summed E-state index contributed by atoms with van der Waals surface area (Å²) in [5.41, 5.74) is 2.52. The van der Waals surface area contributed by atoms with E-state index in [1.807, 2.05) is 12.1 Å². The van der Waals surface area contributed by atoms with E-state index >= 15 is 0 Å². The number of esters is 1. The molecule has 0 bridgehead atoms. The van der Waals surface area contributed by atoms with Crippen LogP contribution in [0.1, 0.15) is 17.5 Å². The van der Waals surface area contributed by atoms with Crippen LogP contribution in [0.3, 0.4) is 0 Å². The fourth-order valence-corrected chi connectivity index (χ4v) is 1.88. The third-order valence-corrected chi connectivity index (χ3v) is 2.84. The Morgan fingerprint density at radius 2 is 2.20 bits per heavy atom. The average Bonchev–Trinajstić information content (AvgIpc) is 2.49. The second-order valence-electron chi connectivity index (χ2n) is 3.97. The van der Waals surface area contributed by atoms with E-state index in [9.17, 15) is 4.79 Å². The van der Waals surface area contributed by atoms with E-state index in [1.165, 1.54) is 11.1 Å². The standard InChI is InChI=1S/C13H14O2/c1-9-5-3-4-6-11(9)7-12-8-13(14)15-10(12)2/h3-6,12H,2,7-8H2,1H3. The molecule has 0 saturated carbocycles. The van der Waals surface area contributed by atoms with Gasteiger partial charge in [0.15, 0.2) is 0 Å². The van der Waals surface area contributed by atoms with Crippen LogP contribution in [0.2, 0.25) is 0 Å². The Hall–Kier alpha value is -1.57. The van der Waals surface area contributed by atoms with Gasteiger partial charge in [-0.05, 0) is 24.5 Å². The van der Waals surface area contributed by atoms with Crippen LogP contribution in [0.25, 0.3) is 0 Å². The Balaban J connectivity index is 2.13. The van der Waals surface area contributed by atoms with E-state index in [0.29, 0.717) is 12.2 Å². The van der Waals surface area contributed by atoms with Crippen LogP contribution in [0, 0.1) is 12.8 Å². The number of allylic oxidation sites excluding steroid dienone is 1. The van der Waals surface area contributed by atoms with Gasteiger partial charge in [-0.3, -0.25) is 4.79 Å². The van der Waals surface area contributed by atoms with Crippen molar-refractivity contribution < 1.29 is 9.53 Å². The molecule has 1 unspecified atom stereocenters. The maximum absolute atomic E-state index is 11.1. The molecule has 15 heavy (non-hydrogen) atoms. The number of carbonyl (C=O) groups excluding carboxylic acids is 1. The maximum atomic E-state index is 11.1. The summed E-state index contributed by atoms with van der Waals surface area (Å²) in [6.45, 7) is 5.85. The smallest absolute Gasteiger partial charge is 0.311 e. The number of hydrogen-bond acceptors (Lipinski definition) is 2. The van der Waals surface area contributed by atoms with Gasteiger partial charge in [0.2, 0.25) is 0 Å². The summed E-state index contributed by atoms with van der Waals surface area (Å²) in [5, 5.41) is 0. The SMILES string of the molecule is C=C1OC(=O)CC1Cc1ccccc1C. The van der Waals surface area contributed by atoms with Gasteiger partial charge in [0.05, 0.1) is 6.42 Å². The third kappa shape index (κ3) is 2.09. The van der Waals surface area contributed by atoms with Crippen molar-refractivity contribution in [3.8, 4) is 0 Å². The molecule has 2 heteroatoms. The summed E-state index contributed by atoms with van der Waals surface area (Å²) >= 11 is 0. The van der Waals surface area contributed by atoms with Crippen molar-refractivity contribution in [1.29, 1.82) is 0 Å². The highest BCUT2D eigenvalue weighted by Gasteiger charge is 2.28. The normalized spacial score (nSPS) is 20.5. The van der Waals surface area contributed by atoms with Crippen LogP contribution >= 0.6 is 0 Å². The second kappa shape index (κ2) is 3.89. The topological polar surface area (TPSA) is 26.3 Å². The number of benzene rings is 1. The molecular formula is C13H14O2. The number of carbonyl (C=O) groups is 1. The van der Waals surface area contributed by atoms with Crippen molar-refractivity contribution in [3.63, 3.8) is 0 Å². The summed E-state index contributed by atoms with van der Waals surface area (Å²) in [5.74, 6) is 0.612. The predicted molar refractivity (Wildman–Crippen MR) is 58.2 cm³/mol. The Kier molecular flexibility index (Phi) is 2.58. The molecule has 0 radical (unpaired) electrons. The summed E-state index contributed by atoms with van der Waals surface area (Å²) in [6, 6.07) is 8.20. The molecule has 0 amide bonds. The van der Waals surface area contributed by atoms with Gasteiger partial charge in [-0.15, -0.1) is 0 Å². The molecule has 1 aliphatic rings. The van der Waals surface area contributed by atoms with E-state index in [-0.39, 0.29) is 11.9 Å². The molecular weight excluding hydrogens is 188 g/mol. The second-order valence-corrected chi connectivity index (χ2v) is 3.97. The van der Waals surface area contributed by atoms with Crippen LogP contribution in [0.4, 0.5) is 0 Å². The Morgan fingerprint density at radius 1 is 1.47 bits per heavy atom. The molecule has 1 heterocycles. The zero-order valence-electron chi connectivity index (χ0n) is 8.82. The molecule has 78 valence electrons. The first-order valence-electron chi connectivity index (χ1n) is 5.11. The first kappa shape index (κ1) is 9.97. The van der Waals surface area contributed by atoms with Crippen molar-refractivity contribution >= 4 is 5.97 Å². The highest BCUT2D eigenvalue weighted by Crippen LogP contribution is 2.28. The van der Waals surface area contributed by atoms with E-state index in [2.05, 4.69) is 25.6 Å². The molecule has 2 nitrogen and oxygen atoms in total. The largest absolute Gasteiger partial charge is 0.431 e. The van der Waals surface area contributed by atoms with Crippen molar-refractivity contribution in [2.45, 2.75) is 19.8 Å². The van der Waals surface area contributed by atoms with Gasteiger partial charge < -0.3 is 4.74 Å². The number of rotatable bonds is 2. The van der Waals surface area contributed by atoms with E-state index in [0.717, 1.165) is 6.42 Å². The minimum absolute atomic E-state index is 0.151. The Bertz CT molecular complexity index is 407. The van der Waals surface area contributed by atoms with Gasteiger partial charge in [-0.25, -0.2) is 0 Å². The lowest BCUT2D eigenvalue weighted by Crippen LogP contribution is -2.03. The molecule has 1 saturated heterocycles. The lowest BCUT2D eigenvalue weighted by molar-refractivity contribution is -0.135. The van der Waals surface area contributed by atoms with Crippen molar-refractivity contribution in [3.05, 3.63) is 47.7 Å². The summed E-state index contributed by atoms with van der Waals surface area (Å²) in [4.78, 5) is 11.1. The first-order chi connectivity index (χ1) is 7.16. The molecule has 0 spiro atoms. The third-order valence-electron chi connectivity index (χ3n) is 2.84. The fraction of sp³-hybridized carbons (Fsp3) is 0.308. The zero-order chi connectivity index (χ0) is 10.8. The van der Waals surface area contributed by atoms with Gasteiger partial charge in [-0.1, -0.05) is 30.8 Å². The molecule has 1 aromatic carbocycles. The van der Waals surface area contributed by atoms with Gasteiger partial charge in [0.25, 0.3) is 0 Å². The lowest BCUT2D eigenvalue weighted by Gasteiger charge is -2.09. The summed E-state index contributed by atoms with van der Waals surface area (Å²) in [6.07, 6.45) is 1.31. The molecule has 1 fully saturated rings. The van der Waals surface area contributed by atoms with Gasteiger partial charge in [0.1, 0.15) is 5.76 Å². The molecule has 1 aliphatic heterocycles. The quantitative estimate of drug-likeness (QED) is 0.689. The predicted octanol–water partition coefficient (Wildman–Crippen LogP) is 2.61. The number of hydrogen-bond donors (Lipinski definition) is 0. The summed E-state index contributed by atoms with van der Waals surface area (Å²) in [7, 11) is 0. The summed E-state index contributed by atoms with van der Waals surface area (Å²) < 4.78 is 4.95. The minimum Gasteiger partial charge on any atom is -0.431 e. The number of ether oxygens (including phenoxy) is 1. The van der Waals surface area contributed by atoms with Crippen LogP contribution < -0.4 is 0 Å². The van der Waals surface area contributed by atoms with E-state index in [4.69, 9.17) is 4.74 Å². The molecule has 0 N–H and O–H groups in total. The Labute approximate surface area is 89.6 Å². The minimum atomic E-state index is -0.154. The van der Waals surface area contributed by atoms with Crippen molar-refractivity contribution in [1.82, 2.24) is 0 Å². The van der Waals surface area contributed by atoms with Crippen LogP contribution in [-0.4, -0.2) is 5.97 Å². The van der Waals surface area contributed by atoms with Crippen molar-refractivity contribution in [2.24, 2.45) is 5.92 Å².